The lowest BCUT2D eigenvalue weighted by molar-refractivity contribution is 0.0596. The van der Waals surface area contributed by atoms with E-state index in [1.807, 2.05) is 31.1 Å². The molecule has 0 fully saturated rings. The Kier molecular flexibility index (Phi) is 7.49. The van der Waals surface area contributed by atoms with Crippen LogP contribution in [0, 0.1) is 0 Å². The monoisotopic (exact) mass is 490 g/mol. The lowest BCUT2D eigenvalue weighted by Crippen LogP contribution is -2.31. The van der Waals surface area contributed by atoms with Gasteiger partial charge in [0.15, 0.2) is 0 Å². The van der Waals surface area contributed by atoms with Crippen LogP contribution in [0.2, 0.25) is 0 Å². The molecule has 0 atom stereocenters. The topological polar surface area (TPSA) is 114 Å². The summed E-state index contributed by atoms with van der Waals surface area (Å²) in [6.07, 6.45) is 1.78. The molecule has 4 aromatic rings. The van der Waals surface area contributed by atoms with Gasteiger partial charge in [0.25, 0.3) is 5.91 Å². The molecule has 3 aromatic carbocycles. The first-order chi connectivity index (χ1) is 17.3. The van der Waals surface area contributed by atoms with E-state index in [1.54, 1.807) is 24.3 Å². The summed E-state index contributed by atoms with van der Waals surface area (Å²) in [7, 11) is 5.12. The SMILES string of the molecule is CCCCOc1cc2nc3c(nc2cc1C(=O)OC)c(C(=O)NCCN(C)C)c(O)c1ccccc13. The van der Waals surface area contributed by atoms with Crippen molar-refractivity contribution in [2.75, 3.05) is 40.9 Å². The maximum atomic E-state index is 13.2. The Labute approximate surface area is 209 Å². The molecule has 0 unspecified atom stereocenters. The summed E-state index contributed by atoms with van der Waals surface area (Å²) < 4.78 is 10.8. The number of hydrogen-bond donors (Lipinski definition) is 2. The standard InChI is InChI=1S/C27H30N4O5/c1-5-6-13-36-21-15-20-19(14-18(21)27(34)35-4)30-24-22(26(33)28-11-12-31(2)3)25(32)17-10-8-7-9-16(17)23(24)29-20/h7-10,14-15,32H,5-6,11-13H2,1-4H3,(H,28,33). The first-order valence-corrected chi connectivity index (χ1v) is 11.9. The highest BCUT2D eigenvalue weighted by Crippen LogP contribution is 2.37. The molecular formula is C27H30N4O5. The minimum atomic E-state index is -0.562. The quantitative estimate of drug-likeness (QED) is 0.157. The number of rotatable bonds is 9. The zero-order valence-electron chi connectivity index (χ0n) is 20.9. The Bertz CT molecular complexity index is 1450. The van der Waals surface area contributed by atoms with Crippen LogP contribution in [0.5, 0.6) is 11.5 Å². The van der Waals surface area contributed by atoms with Gasteiger partial charge in [-0.05, 0) is 26.6 Å². The third-order valence-electron chi connectivity index (χ3n) is 5.91. The van der Waals surface area contributed by atoms with Crippen LogP contribution >= 0.6 is 0 Å². The summed E-state index contributed by atoms with van der Waals surface area (Å²) in [5.41, 5.74) is 1.85. The van der Waals surface area contributed by atoms with E-state index in [9.17, 15) is 14.7 Å². The van der Waals surface area contributed by atoms with Crippen LogP contribution in [-0.4, -0.2) is 72.8 Å². The van der Waals surface area contributed by atoms with Crippen molar-refractivity contribution in [3.8, 4) is 11.5 Å². The van der Waals surface area contributed by atoms with Gasteiger partial charge < -0.3 is 24.8 Å². The smallest absolute Gasteiger partial charge is 0.341 e. The number of benzene rings is 3. The van der Waals surface area contributed by atoms with Gasteiger partial charge in [0.2, 0.25) is 0 Å². The molecule has 0 saturated heterocycles. The third kappa shape index (κ3) is 4.87. The van der Waals surface area contributed by atoms with Gasteiger partial charge in [-0.15, -0.1) is 0 Å². The van der Waals surface area contributed by atoms with Crippen molar-refractivity contribution >= 4 is 44.7 Å². The fourth-order valence-corrected chi connectivity index (χ4v) is 4.00. The lowest BCUT2D eigenvalue weighted by Gasteiger charge is -2.15. The molecule has 1 heterocycles. The molecule has 0 radical (unpaired) electrons. The number of likely N-dealkylation sites (N-methyl/N-ethyl adjacent to an activating group) is 1. The molecule has 0 aliphatic carbocycles. The van der Waals surface area contributed by atoms with Crippen molar-refractivity contribution in [1.29, 1.82) is 0 Å². The van der Waals surface area contributed by atoms with Gasteiger partial charge in [0.1, 0.15) is 28.1 Å². The molecule has 1 amide bonds. The summed E-state index contributed by atoms with van der Waals surface area (Å²) in [4.78, 5) is 37.2. The van der Waals surface area contributed by atoms with Gasteiger partial charge in [0.05, 0.1) is 30.3 Å². The number of amides is 1. The molecule has 188 valence electrons. The molecule has 0 saturated carbocycles. The van der Waals surface area contributed by atoms with Crippen molar-refractivity contribution in [1.82, 2.24) is 20.2 Å². The molecule has 0 spiro atoms. The van der Waals surface area contributed by atoms with Crippen molar-refractivity contribution in [2.45, 2.75) is 19.8 Å². The van der Waals surface area contributed by atoms with Crippen LogP contribution in [0.4, 0.5) is 0 Å². The maximum Gasteiger partial charge on any atom is 0.341 e. The molecule has 1 aromatic heterocycles. The van der Waals surface area contributed by atoms with Gasteiger partial charge in [-0.2, -0.15) is 0 Å². The summed E-state index contributed by atoms with van der Waals surface area (Å²) in [6.45, 7) is 3.53. The zero-order valence-corrected chi connectivity index (χ0v) is 20.9. The zero-order chi connectivity index (χ0) is 25.8. The van der Waals surface area contributed by atoms with Crippen molar-refractivity contribution in [3.63, 3.8) is 0 Å². The molecule has 9 nitrogen and oxygen atoms in total. The molecule has 0 aliphatic rings. The fourth-order valence-electron chi connectivity index (χ4n) is 4.00. The van der Waals surface area contributed by atoms with Gasteiger partial charge in [-0.1, -0.05) is 37.6 Å². The molecule has 0 aliphatic heterocycles. The predicted molar refractivity (Wildman–Crippen MR) is 139 cm³/mol. The maximum absolute atomic E-state index is 13.2. The average molecular weight is 491 g/mol. The largest absolute Gasteiger partial charge is 0.506 e. The Morgan fingerprint density at radius 1 is 1.06 bits per heavy atom. The Morgan fingerprint density at radius 2 is 1.75 bits per heavy atom. The van der Waals surface area contributed by atoms with E-state index in [4.69, 9.17) is 19.4 Å². The number of hydrogen-bond acceptors (Lipinski definition) is 8. The number of phenols is 1. The molecule has 9 heteroatoms. The molecule has 2 N–H and O–H groups in total. The summed E-state index contributed by atoms with van der Waals surface area (Å²) in [6, 6.07) is 10.4. The van der Waals surface area contributed by atoms with Crippen LogP contribution in [0.3, 0.4) is 0 Å². The Morgan fingerprint density at radius 3 is 2.44 bits per heavy atom. The van der Waals surface area contributed by atoms with Crippen LogP contribution < -0.4 is 10.1 Å². The highest BCUT2D eigenvalue weighted by Gasteiger charge is 2.23. The number of nitrogens with zero attached hydrogens (tertiary/aromatic N) is 3. The first kappa shape index (κ1) is 25.1. The summed E-state index contributed by atoms with van der Waals surface area (Å²) >= 11 is 0. The van der Waals surface area contributed by atoms with Gasteiger partial charge in [0, 0.05) is 29.9 Å². The van der Waals surface area contributed by atoms with E-state index < -0.39 is 11.9 Å². The molecular weight excluding hydrogens is 460 g/mol. The first-order valence-electron chi connectivity index (χ1n) is 11.9. The number of aromatic nitrogens is 2. The van der Waals surface area contributed by atoms with Crippen LogP contribution in [-0.2, 0) is 4.74 Å². The second-order valence-corrected chi connectivity index (χ2v) is 8.78. The number of phenolic OH excluding ortho intramolecular Hbond substituents is 1. The van der Waals surface area contributed by atoms with E-state index in [2.05, 4.69) is 12.2 Å². The number of methoxy groups -OCH3 is 1. The minimum Gasteiger partial charge on any atom is -0.506 e. The third-order valence-corrected chi connectivity index (χ3v) is 5.91. The molecule has 4 rings (SSSR count). The minimum absolute atomic E-state index is 0.0414. The van der Waals surface area contributed by atoms with E-state index in [1.165, 1.54) is 7.11 Å². The van der Waals surface area contributed by atoms with Gasteiger partial charge >= 0.3 is 5.97 Å². The van der Waals surface area contributed by atoms with Gasteiger partial charge in [-0.25, -0.2) is 14.8 Å². The Balaban J connectivity index is 1.96. The number of nitrogens with one attached hydrogen (secondary N) is 1. The van der Waals surface area contributed by atoms with Crippen molar-refractivity contribution < 1.29 is 24.2 Å². The normalized spacial score (nSPS) is 11.4. The number of aromatic hydroxyl groups is 1. The van der Waals surface area contributed by atoms with Crippen LogP contribution in [0.25, 0.3) is 32.8 Å². The van der Waals surface area contributed by atoms with Crippen LogP contribution in [0.15, 0.2) is 36.4 Å². The lowest BCUT2D eigenvalue weighted by atomic mass is 10.0. The highest BCUT2D eigenvalue weighted by atomic mass is 16.5. The van der Waals surface area contributed by atoms with E-state index in [0.29, 0.717) is 52.8 Å². The number of carbonyl (C=O) groups is 2. The highest BCUT2D eigenvalue weighted by molar-refractivity contribution is 6.19. The fraction of sp³-hybridized carbons (Fsp3) is 0.333. The predicted octanol–water partition coefficient (Wildman–Crippen LogP) is 3.90. The van der Waals surface area contributed by atoms with E-state index in [-0.39, 0.29) is 22.4 Å². The Hall–Kier alpha value is -3.98. The van der Waals surface area contributed by atoms with Crippen molar-refractivity contribution in [3.05, 3.63) is 47.5 Å². The van der Waals surface area contributed by atoms with Crippen molar-refractivity contribution in [2.24, 2.45) is 0 Å². The second-order valence-electron chi connectivity index (χ2n) is 8.78. The number of ether oxygens (including phenoxy) is 2. The van der Waals surface area contributed by atoms with Crippen LogP contribution in [0.1, 0.15) is 40.5 Å². The second kappa shape index (κ2) is 10.7. The molecule has 0 bridgehead atoms. The summed E-state index contributed by atoms with van der Waals surface area (Å²) in [5, 5.41) is 15.1. The number of unbranched alkanes of at least 4 members (excludes halogenated alkanes) is 1. The summed E-state index contributed by atoms with van der Waals surface area (Å²) in [5.74, 6) is -0.817. The number of fused-ring (bicyclic) bond motifs is 4. The molecule has 36 heavy (non-hydrogen) atoms. The van der Waals surface area contributed by atoms with E-state index >= 15 is 0 Å². The number of carbonyl (C=O) groups excluding carboxylic acids is 2. The van der Waals surface area contributed by atoms with Gasteiger partial charge in [-0.3, -0.25) is 4.79 Å². The number of esters is 1. The van der Waals surface area contributed by atoms with E-state index in [0.717, 1.165) is 12.8 Å². The average Bonchev–Trinajstić information content (AvgIpc) is 2.87.